The van der Waals surface area contributed by atoms with E-state index in [-0.39, 0.29) is 18.1 Å². The number of amides is 1. The van der Waals surface area contributed by atoms with Crippen molar-refractivity contribution in [3.8, 4) is 0 Å². The van der Waals surface area contributed by atoms with Crippen LogP contribution in [-0.4, -0.2) is 24.2 Å². The molecule has 0 bridgehead atoms. The van der Waals surface area contributed by atoms with Crippen molar-refractivity contribution >= 4 is 17.5 Å². The number of aryl methyl sites for hydroxylation is 2. The van der Waals surface area contributed by atoms with Gasteiger partial charge >= 0.3 is 0 Å². The summed E-state index contributed by atoms with van der Waals surface area (Å²) in [5.74, 6) is 0.280. The summed E-state index contributed by atoms with van der Waals surface area (Å²) in [4.78, 5) is 12.4. The maximum absolute atomic E-state index is 12.4. The van der Waals surface area contributed by atoms with Gasteiger partial charge in [-0.25, -0.2) is 0 Å². The van der Waals surface area contributed by atoms with Gasteiger partial charge in [-0.05, 0) is 38.5 Å². The maximum atomic E-state index is 12.4. The molecule has 22 heavy (non-hydrogen) atoms. The second-order valence-electron chi connectivity index (χ2n) is 5.17. The third kappa shape index (κ3) is 3.48. The first-order valence-corrected chi connectivity index (χ1v) is 7.33. The number of benzene rings is 1. The number of methoxy groups -OCH3 is 1. The predicted molar refractivity (Wildman–Crippen MR) is 84.1 cm³/mol. The lowest BCUT2D eigenvalue weighted by Gasteiger charge is -2.24. The van der Waals surface area contributed by atoms with Crippen LogP contribution in [0.25, 0.3) is 0 Å². The summed E-state index contributed by atoms with van der Waals surface area (Å²) in [5, 5.41) is 7.39. The molecule has 0 aliphatic heterocycles. The summed E-state index contributed by atoms with van der Waals surface area (Å²) in [6, 6.07) is 7.13. The van der Waals surface area contributed by atoms with E-state index in [0.29, 0.717) is 22.0 Å². The molecule has 0 aliphatic rings. The minimum Gasteiger partial charge on any atom is -0.375 e. The molecule has 0 saturated carbocycles. The molecule has 0 unspecified atom stereocenters. The molecular weight excluding hydrogens is 304 g/mol. The zero-order chi connectivity index (χ0) is 16.3. The molecule has 6 heteroatoms. The van der Waals surface area contributed by atoms with Gasteiger partial charge in [-0.3, -0.25) is 4.79 Å². The first kappa shape index (κ1) is 16.5. The van der Waals surface area contributed by atoms with Crippen LogP contribution in [0.4, 0.5) is 0 Å². The van der Waals surface area contributed by atoms with Gasteiger partial charge in [-0.15, -0.1) is 0 Å². The lowest BCUT2D eigenvalue weighted by atomic mass is 10.0. The molecule has 1 aromatic carbocycles. The standard InChI is InChI=1S/C16H19ClN2O3/c1-9-14(11(3)22-19-9)16(20)18-10(2)15(21-4)12-5-7-13(17)8-6-12/h5-8,10,15H,1-4H3,(H,18,20)/t10-,15-/m0/s1. The van der Waals surface area contributed by atoms with Gasteiger partial charge in [-0.2, -0.15) is 0 Å². The quantitative estimate of drug-likeness (QED) is 0.915. The number of hydrogen-bond acceptors (Lipinski definition) is 4. The van der Waals surface area contributed by atoms with Crippen molar-refractivity contribution in [2.75, 3.05) is 7.11 Å². The molecule has 1 N–H and O–H groups in total. The number of halogens is 1. The van der Waals surface area contributed by atoms with Crippen LogP contribution in [0.3, 0.4) is 0 Å². The van der Waals surface area contributed by atoms with Crippen molar-refractivity contribution in [1.82, 2.24) is 10.5 Å². The second kappa shape index (κ2) is 6.94. The molecule has 0 fully saturated rings. The Morgan fingerprint density at radius 3 is 2.45 bits per heavy atom. The first-order valence-electron chi connectivity index (χ1n) is 6.96. The molecule has 2 atom stereocenters. The molecule has 1 amide bonds. The van der Waals surface area contributed by atoms with Crippen LogP contribution in [-0.2, 0) is 4.74 Å². The first-order chi connectivity index (χ1) is 10.4. The van der Waals surface area contributed by atoms with Gasteiger partial charge in [0.05, 0.1) is 11.7 Å². The molecular formula is C16H19ClN2O3. The predicted octanol–water partition coefficient (Wildman–Crippen LogP) is 3.45. The second-order valence-corrected chi connectivity index (χ2v) is 5.61. The minimum absolute atomic E-state index is 0.222. The Morgan fingerprint density at radius 1 is 1.32 bits per heavy atom. The molecule has 5 nitrogen and oxygen atoms in total. The Morgan fingerprint density at radius 2 is 1.95 bits per heavy atom. The summed E-state index contributed by atoms with van der Waals surface area (Å²) < 4.78 is 10.5. The fourth-order valence-electron chi connectivity index (χ4n) is 2.44. The molecule has 0 aliphatic carbocycles. The van der Waals surface area contributed by atoms with Crippen LogP contribution in [0, 0.1) is 13.8 Å². The van der Waals surface area contributed by atoms with Gasteiger partial charge in [0.25, 0.3) is 5.91 Å². The Balaban J connectivity index is 2.14. The monoisotopic (exact) mass is 322 g/mol. The van der Waals surface area contributed by atoms with E-state index in [1.54, 1.807) is 33.1 Å². The summed E-state index contributed by atoms with van der Waals surface area (Å²) in [6.45, 7) is 5.34. The number of aromatic nitrogens is 1. The third-order valence-corrected chi connectivity index (χ3v) is 3.78. The van der Waals surface area contributed by atoms with Crippen molar-refractivity contribution < 1.29 is 14.1 Å². The Hall–Kier alpha value is -1.85. The zero-order valence-corrected chi connectivity index (χ0v) is 13.8. The average Bonchev–Trinajstić information content (AvgIpc) is 2.81. The van der Waals surface area contributed by atoms with Crippen LogP contribution >= 0.6 is 11.6 Å². The normalized spacial score (nSPS) is 13.7. The van der Waals surface area contributed by atoms with Gasteiger partial charge in [0, 0.05) is 12.1 Å². The van der Waals surface area contributed by atoms with E-state index in [4.69, 9.17) is 20.9 Å². The summed E-state index contributed by atoms with van der Waals surface area (Å²) in [5.41, 5.74) is 1.99. The number of carbonyl (C=O) groups excluding carboxylic acids is 1. The van der Waals surface area contributed by atoms with Crippen LogP contribution in [0.1, 0.15) is 40.4 Å². The fourth-order valence-corrected chi connectivity index (χ4v) is 2.57. The topological polar surface area (TPSA) is 64.4 Å². The van der Waals surface area contributed by atoms with Crippen LogP contribution < -0.4 is 5.32 Å². The van der Waals surface area contributed by atoms with E-state index < -0.39 is 0 Å². The van der Waals surface area contributed by atoms with Gasteiger partial charge in [-0.1, -0.05) is 28.9 Å². The van der Waals surface area contributed by atoms with Crippen LogP contribution in [0.5, 0.6) is 0 Å². The smallest absolute Gasteiger partial charge is 0.257 e. The van der Waals surface area contributed by atoms with E-state index in [1.165, 1.54) is 0 Å². The van der Waals surface area contributed by atoms with Crippen molar-refractivity contribution in [1.29, 1.82) is 0 Å². The highest BCUT2D eigenvalue weighted by molar-refractivity contribution is 6.30. The molecule has 0 radical (unpaired) electrons. The van der Waals surface area contributed by atoms with E-state index in [2.05, 4.69) is 10.5 Å². The zero-order valence-electron chi connectivity index (χ0n) is 13.0. The van der Waals surface area contributed by atoms with Gasteiger partial charge in [0.2, 0.25) is 0 Å². The van der Waals surface area contributed by atoms with Gasteiger partial charge < -0.3 is 14.6 Å². The van der Waals surface area contributed by atoms with Gasteiger partial charge in [0.15, 0.2) is 0 Å². The lowest BCUT2D eigenvalue weighted by molar-refractivity contribution is 0.0644. The molecule has 0 saturated heterocycles. The van der Waals surface area contributed by atoms with E-state index in [1.807, 2.05) is 19.1 Å². The van der Waals surface area contributed by atoms with Crippen LogP contribution in [0.15, 0.2) is 28.8 Å². The number of nitrogens with one attached hydrogen (secondary N) is 1. The molecule has 2 rings (SSSR count). The SMILES string of the molecule is CO[C@H](c1ccc(Cl)cc1)[C@H](C)NC(=O)c1c(C)noc1C. The van der Waals surface area contributed by atoms with Crippen molar-refractivity contribution in [2.24, 2.45) is 0 Å². The minimum atomic E-state index is -0.276. The summed E-state index contributed by atoms with van der Waals surface area (Å²) in [6.07, 6.45) is -0.276. The van der Waals surface area contributed by atoms with Crippen molar-refractivity contribution in [3.05, 3.63) is 51.9 Å². The van der Waals surface area contributed by atoms with E-state index >= 15 is 0 Å². The molecule has 2 aromatic rings. The molecule has 0 spiro atoms. The maximum Gasteiger partial charge on any atom is 0.257 e. The largest absolute Gasteiger partial charge is 0.375 e. The average molecular weight is 323 g/mol. The van der Waals surface area contributed by atoms with E-state index in [9.17, 15) is 4.79 Å². The molecule has 1 heterocycles. The Bertz CT molecular complexity index is 632. The fraction of sp³-hybridized carbons (Fsp3) is 0.375. The number of ether oxygens (including phenoxy) is 1. The summed E-state index contributed by atoms with van der Waals surface area (Å²) in [7, 11) is 1.61. The number of rotatable bonds is 5. The Kier molecular flexibility index (Phi) is 5.21. The van der Waals surface area contributed by atoms with Crippen LogP contribution in [0.2, 0.25) is 5.02 Å². The molecule has 1 aromatic heterocycles. The number of nitrogens with zero attached hydrogens (tertiary/aromatic N) is 1. The number of carbonyl (C=O) groups is 1. The van der Waals surface area contributed by atoms with E-state index in [0.717, 1.165) is 5.56 Å². The van der Waals surface area contributed by atoms with Crippen molar-refractivity contribution in [2.45, 2.75) is 32.9 Å². The highest BCUT2D eigenvalue weighted by Crippen LogP contribution is 2.23. The third-order valence-electron chi connectivity index (χ3n) is 3.53. The number of hydrogen-bond donors (Lipinski definition) is 1. The molecule has 118 valence electrons. The Labute approximate surface area is 134 Å². The lowest BCUT2D eigenvalue weighted by Crippen LogP contribution is -2.38. The summed E-state index contributed by atoms with van der Waals surface area (Å²) >= 11 is 5.90. The highest BCUT2D eigenvalue weighted by atomic mass is 35.5. The van der Waals surface area contributed by atoms with Gasteiger partial charge in [0.1, 0.15) is 17.4 Å². The van der Waals surface area contributed by atoms with Crippen molar-refractivity contribution in [3.63, 3.8) is 0 Å². The highest BCUT2D eigenvalue weighted by Gasteiger charge is 2.24.